The van der Waals surface area contributed by atoms with Crippen LogP contribution in [0.3, 0.4) is 0 Å². The van der Waals surface area contributed by atoms with E-state index in [1.54, 1.807) is 0 Å². The molecule has 1 unspecified atom stereocenters. The Balaban J connectivity index is 1.54. The van der Waals surface area contributed by atoms with Crippen molar-refractivity contribution in [2.24, 2.45) is 5.92 Å². The fourth-order valence-corrected chi connectivity index (χ4v) is 3.49. The summed E-state index contributed by atoms with van der Waals surface area (Å²) in [4.78, 5) is 16.3. The van der Waals surface area contributed by atoms with E-state index in [-0.39, 0.29) is 11.8 Å². The van der Waals surface area contributed by atoms with Crippen LogP contribution < -0.4 is 5.32 Å². The molecule has 0 aliphatic rings. The quantitative estimate of drug-likeness (QED) is 0.669. The molecule has 0 fully saturated rings. The summed E-state index contributed by atoms with van der Waals surface area (Å²) < 4.78 is 2.14. The summed E-state index contributed by atoms with van der Waals surface area (Å²) in [6.07, 6.45) is 5.87. The number of nitrogens with one attached hydrogen (secondary N) is 1. The van der Waals surface area contributed by atoms with Crippen molar-refractivity contribution in [2.45, 2.75) is 39.0 Å². The van der Waals surface area contributed by atoms with Crippen molar-refractivity contribution in [1.29, 1.82) is 0 Å². The molecule has 1 N–H and O–H groups in total. The van der Waals surface area contributed by atoms with Gasteiger partial charge in [0.15, 0.2) is 0 Å². The van der Waals surface area contributed by atoms with E-state index in [9.17, 15) is 4.79 Å². The second-order valence-electron chi connectivity index (χ2n) is 6.07. The fraction of sp³-hybridized carbons (Fsp3) is 0.474. The van der Waals surface area contributed by atoms with Crippen LogP contribution in [0.2, 0.25) is 0 Å². The Bertz CT molecular complexity index is 612. The van der Waals surface area contributed by atoms with E-state index in [4.69, 9.17) is 0 Å². The maximum absolute atomic E-state index is 12.1. The SMILES string of the molecule is Cc1nccn1CCCCNC(=O)C(C)CSCc1ccccc1. The number of aryl methyl sites for hydroxylation is 2. The highest BCUT2D eigenvalue weighted by Crippen LogP contribution is 2.15. The number of aromatic nitrogens is 2. The van der Waals surface area contributed by atoms with Crippen molar-refractivity contribution >= 4 is 17.7 Å². The Morgan fingerprint density at radius 2 is 2.08 bits per heavy atom. The number of carbonyl (C=O) groups excluding carboxylic acids is 1. The smallest absolute Gasteiger partial charge is 0.223 e. The van der Waals surface area contributed by atoms with Gasteiger partial charge in [0.2, 0.25) is 5.91 Å². The minimum absolute atomic E-state index is 0.0506. The number of hydrogen-bond acceptors (Lipinski definition) is 3. The van der Waals surface area contributed by atoms with Crippen molar-refractivity contribution < 1.29 is 4.79 Å². The Labute approximate surface area is 149 Å². The van der Waals surface area contributed by atoms with Crippen molar-refractivity contribution in [3.05, 3.63) is 54.1 Å². The first-order chi connectivity index (χ1) is 11.7. The zero-order valence-corrected chi connectivity index (χ0v) is 15.4. The van der Waals surface area contributed by atoms with Gasteiger partial charge in [0.1, 0.15) is 5.82 Å². The molecular formula is C19H27N3OS. The first-order valence-corrected chi connectivity index (χ1v) is 9.69. The minimum Gasteiger partial charge on any atom is -0.356 e. The van der Waals surface area contributed by atoms with Crippen LogP contribution in [-0.2, 0) is 17.1 Å². The lowest BCUT2D eigenvalue weighted by Crippen LogP contribution is -2.31. The maximum atomic E-state index is 12.1. The molecule has 0 spiro atoms. The molecule has 24 heavy (non-hydrogen) atoms. The van der Waals surface area contributed by atoms with Crippen LogP contribution in [0.15, 0.2) is 42.7 Å². The number of thioether (sulfide) groups is 1. The van der Waals surface area contributed by atoms with Crippen molar-refractivity contribution in [3.63, 3.8) is 0 Å². The lowest BCUT2D eigenvalue weighted by Gasteiger charge is -2.12. The number of hydrogen-bond donors (Lipinski definition) is 1. The van der Waals surface area contributed by atoms with Crippen LogP contribution in [0.25, 0.3) is 0 Å². The number of benzene rings is 1. The third kappa shape index (κ3) is 6.40. The van der Waals surface area contributed by atoms with Crippen molar-refractivity contribution in [3.8, 4) is 0 Å². The Morgan fingerprint density at radius 1 is 1.29 bits per heavy atom. The summed E-state index contributed by atoms with van der Waals surface area (Å²) in [5.41, 5.74) is 1.31. The molecular weight excluding hydrogens is 318 g/mol. The van der Waals surface area contributed by atoms with Gasteiger partial charge in [-0.2, -0.15) is 11.8 Å². The van der Waals surface area contributed by atoms with Crippen LogP contribution in [0.4, 0.5) is 0 Å². The van der Waals surface area contributed by atoms with E-state index in [0.29, 0.717) is 0 Å². The van der Waals surface area contributed by atoms with Gasteiger partial charge >= 0.3 is 0 Å². The molecule has 5 heteroatoms. The molecule has 2 rings (SSSR count). The minimum atomic E-state index is 0.0506. The molecule has 4 nitrogen and oxygen atoms in total. The second-order valence-corrected chi connectivity index (χ2v) is 7.10. The van der Waals surface area contributed by atoms with E-state index in [0.717, 1.165) is 43.3 Å². The lowest BCUT2D eigenvalue weighted by molar-refractivity contribution is -0.123. The number of amides is 1. The molecule has 0 aliphatic heterocycles. The van der Waals surface area contributed by atoms with Gasteiger partial charge in [-0.3, -0.25) is 4.79 Å². The highest BCUT2D eigenvalue weighted by Gasteiger charge is 2.12. The largest absolute Gasteiger partial charge is 0.356 e. The average molecular weight is 346 g/mol. The Kier molecular flexibility index (Phi) is 7.89. The first kappa shape index (κ1) is 18.6. The molecule has 0 aliphatic carbocycles. The number of rotatable bonds is 10. The Morgan fingerprint density at radius 3 is 2.79 bits per heavy atom. The molecule has 1 heterocycles. The Hall–Kier alpha value is -1.75. The lowest BCUT2D eigenvalue weighted by atomic mass is 10.2. The normalized spacial score (nSPS) is 12.1. The maximum Gasteiger partial charge on any atom is 0.223 e. The monoisotopic (exact) mass is 345 g/mol. The van der Waals surface area contributed by atoms with Gasteiger partial charge < -0.3 is 9.88 Å². The highest BCUT2D eigenvalue weighted by molar-refractivity contribution is 7.98. The summed E-state index contributed by atoms with van der Waals surface area (Å²) >= 11 is 1.82. The van der Waals surface area contributed by atoms with Gasteiger partial charge in [-0.05, 0) is 25.3 Å². The standard InChI is InChI=1S/C19H27N3OS/c1-16(14-24-15-18-8-4-3-5-9-18)19(23)21-10-6-7-12-22-13-11-20-17(22)2/h3-5,8-9,11,13,16H,6-7,10,12,14-15H2,1-2H3,(H,21,23). The molecule has 1 aromatic heterocycles. The zero-order valence-electron chi connectivity index (χ0n) is 14.6. The second kappa shape index (κ2) is 10.2. The molecule has 130 valence electrons. The average Bonchev–Trinajstić information content (AvgIpc) is 3.00. The van der Waals surface area contributed by atoms with Gasteiger partial charge in [-0.25, -0.2) is 4.98 Å². The highest BCUT2D eigenvalue weighted by atomic mass is 32.2. The van der Waals surface area contributed by atoms with Crippen LogP contribution in [-0.4, -0.2) is 27.8 Å². The van der Waals surface area contributed by atoms with Gasteiger partial charge in [0, 0.05) is 42.9 Å². The van der Waals surface area contributed by atoms with Crippen LogP contribution in [0.1, 0.15) is 31.2 Å². The predicted molar refractivity (Wildman–Crippen MR) is 101 cm³/mol. The van der Waals surface area contributed by atoms with Gasteiger partial charge in [-0.1, -0.05) is 37.3 Å². The van der Waals surface area contributed by atoms with Crippen LogP contribution in [0, 0.1) is 12.8 Å². The number of carbonyl (C=O) groups is 1. The number of nitrogens with zero attached hydrogens (tertiary/aromatic N) is 2. The fourth-order valence-electron chi connectivity index (χ4n) is 2.44. The van der Waals surface area contributed by atoms with E-state index < -0.39 is 0 Å². The third-order valence-electron chi connectivity index (χ3n) is 3.98. The van der Waals surface area contributed by atoms with Crippen LogP contribution in [0.5, 0.6) is 0 Å². The van der Waals surface area contributed by atoms with Gasteiger partial charge in [-0.15, -0.1) is 0 Å². The summed E-state index contributed by atoms with van der Waals surface area (Å²) in [6.45, 7) is 5.73. The van der Waals surface area contributed by atoms with Gasteiger partial charge in [0.05, 0.1) is 0 Å². The predicted octanol–water partition coefficient (Wildman–Crippen LogP) is 3.66. The molecule has 1 amide bonds. The first-order valence-electron chi connectivity index (χ1n) is 8.54. The molecule has 0 saturated carbocycles. The molecule has 0 saturated heterocycles. The topological polar surface area (TPSA) is 46.9 Å². The van der Waals surface area contributed by atoms with E-state index >= 15 is 0 Å². The molecule has 1 atom stereocenters. The number of unbranched alkanes of at least 4 members (excludes halogenated alkanes) is 1. The summed E-state index contributed by atoms with van der Waals surface area (Å²) in [6, 6.07) is 10.4. The summed E-state index contributed by atoms with van der Waals surface area (Å²) in [5, 5.41) is 3.05. The van der Waals surface area contributed by atoms with E-state index in [1.807, 2.05) is 44.1 Å². The molecule has 0 radical (unpaired) electrons. The van der Waals surface area contributed by atoms with E-state index in [2.05, 4.69) is 39.1 Å². The van der Waals surface area contributed by atoms with Crippen molar-refractivity contribution in [1.82, 2.24) is 14.9 Å². The van der Waals surface area contributed by atoms with Gasteiger partial charge in [0.25, 0.3) is 0 Å². The molecule has 2 aromatic rings. The molecule has 1 aromatic carbocycles. The summed E-state index contributed by atoms with van der Waals surface area (Å²) in [7, 11) is 0. The third-order valence-corrected chi connectivity index (χ3v) is 5.25. The number of imidazole rings is 1. The van der Waals surface area contributed by atoms with Crippen molar-refractivity contribution in [2.75, 3.05) is 12.3 Å². The molecule has 0 bridgehead atoms. The van der Waals surface area contributed by atoms with Crippen LogP contribution >= 0.6 is 11.8 Å². The van der Waals surface area contributed by atoms with E-state index in [1.165, 1.54) is 5.56 Å². The summed E-state index contributed by atoms with van der Waals surface area (Å²) in [5.74, 6) is 3.07. The zero-order chi connectivity index (χ0) is 17.2.